The van der Waals surface area contributed by atoms with E-state index < -0.39 is 0 Å². The molecule has 1 aliphatic rings. The highest BCUT2D eigenvalue weighted by atomic mass is 16.5. The number of hydrogen-bond donors (Lipinski definition) is 2. The monoisotopic (exact) mass is 333 g/mol. The molecule has 0 bridgehead atoms. The second kappa shape index (κ2) is 8.15. The summed E-state index contributed by atoms with van der Waals surface area (Å²) in [6.45, 7) is 9.35. The Bertz CT molecular complexity index is 579. The Labute approximate surface area is 143 Å². The third-order valence-corrected chi connectivity index (χ3v) is 3.76. The molecule has 0 saturated carbocycles. The first-order chi connectivity index (χ1) is 11.3. The fourth-order valence-corrected chi connectivity index (χ4v) is 2.80. The first-order valence-corrected chi connectivity index (χ1v) is 8.43. The molecule has 1 heterocycles. The Morgan fingerprint density at radius 3 is 2.54 bits per heavy atom. The van der Waals surface area contributed by atoms with Crippen LogP contribution in [-0.4, -0.2) is 48.2 Å². The van der Waals surface area contributed by atoms with E-state index in [1.165, 1.54) is 0 Å². The van der Waals surface area contributed by atoms with E-state index in [1.807, 2.05) is 45.9 Å². The molecule has 6 nitrogen and oxygen atoms in total. The van der Waals surface area contributed by atoms with E-state index in [-0.39, 0.29) is 30.2 Å². The molecule has 1 aromatic rings. The zero-order valence-electron chi connectivity index (χ0n) is 14.8. The second-order valence-corrected chi connectivity index (χ2v) is 6.65. The molecule has 1 saturated heterocycles. The van der Waals surface area contributed by atoms with Crippen LogP contribution in [-0.2, 0) is 11.3 Å². The maximum atomic E-state index is 12.3. The highest BCUT2D eigenvalue weighted by Gasteiger charge is 2.25. The summed E-state index contributed by atoms with van der Waals surface area (Å²) in [7, 11) is 0. The van der Waals surface area contributed by atoms with Gasteiger partial charge in [0.25, 0.3) is 5.91 Å². The van der Waals surface area contributed by atoms with E-state index in [0.717, 1.165) is 5.56 Å². The fourth-order valence-electron chi connectivity index (χ4n) is 2.80. The molecular weight excluding hydrogens is 306 g/mol. The molecule has 1 aromatic carbocycles. The largest absolute Gasteiger partial charge is 0.372 e. The van der Waals surface area contributed by atoms with Gasteiger partial charge in [-0.2, -0.15) is 0 Å². The molecule has 24 heavy (non-hydrogen) atoms. The van der Waals surface area contributed by atoms with Gasteiger partial charge in [0.15, 0.2) is 0 Å². The van der Waals surface area contributed by atoms with E-state index in [2.05, 4.69) is 10.6 Å². The number of benzene rings is 1. The molecule has 3 amide bonds. The standard InChI is InChI=1S/C18H27N3O3/c1-12(2)20-17(22)16-7-5-6-15(8-16)9-19-18(23)21-10-13(3)24-14(4)11-21/h5-8,12-14H,9-11H2,1-4H3,(H,19,23)(H,20,22)/t13-,14-/m1/s1. The van der Waals surface area contributed by atoms with Gasteiger partial charge in [-0.05, 0) is 45.4 Å². The molecule has 132 valence electrons. The lowest BCUT2D eigenvalue weighted by molar-refractivity contribution is -0.0545. The van der Waals surface area contributed by atoms with Crippen molar-refractivity contribution in [2.45, 2.75) is 52.5 Å². The van der Waals surface area contributed by atoms with Crippen LogP contribution in [0.4, 0.5) is 4.79 Å². The van der Waals surface area contributed by atoms with Crippen LogP contribution in [0.3, 0.4) is 0 Å². The summed E-state index contributed by atoms with van der Waals surface area (Å²) in [5, 5.41) is 5.78. The lowest BCUT2D eigenvalue weighted by Gasteiger charge is -2.35. The minimum absolute atomic E-state index is 0.0440. The quantitative estimate of drug-likeness (QED) is 0.887. The maximum Gasteiger partial charge on any atom is 0.317 e. The van der Waals surface area contributed by atoms with E-state index in [9.17, 15) is 9.59 Å². The first-order valence-electron chi connectivity index (χ1n) is 8.43. The van der Waals surface area contributed by atoms with Crippen LogP contribution in [0.1, 0.15) is 43.6 Å². The molecule has 0 aliphatic carbocycles. The number of rotatable bonds is 4. The van der Waals surface area contributed by atoms with Crippen molar-refractivity contribution in [2.24, 2.45) is 0 Å². The zero-order valence-corrected chi connectivity index (χ0v) is 14.8. The van der Waals surface area contributed by atoms with Crippen LogP contribution in [0.2, 0.25) is 0 Å². The average Bonchev–Trinajstić information content (AvgIpc) is 2.51. The SMILES string of the molecule is CC(C)NC(=O)c1cccc(CNC(=O)N2C[C@@H](C)O[C@H](C)C2)c1. The topological polar surface area (TPSA) is 70.7 Å². The summed E-state index contributed by atoms with van der Waals surface area (Å²) >= 11 is 0. The minimum Gasteiger partial charge on any atom is -0.372 e. The molecule has 2 rings (SSSR count). The molecule has 0 unspecified atom stereocenters. The summed E-state index contributed by atoms with van der Waals surface area (Å²) in [5.74, 6) is -0.103. The van der Waals surface area contributed by atoms with Gasteiger partial charge >= 0.3 is 6.03 Å². The normalized spacial score (nSPS) is 20.8. The summed E-state index contributed by atoms with van der Waals surface area (Å²) in [6, 6.07) is 7.30. The molecular formula is C18H27N3O3. The summed E-state index contributed by atoms with van der Waals surface area (Å²) < 4.78 is 5.64. The summed E-state index contributed by atoms with van der Waals surface area (Å²) in [6.07, 6.45) is 0.0881. The Hall–Kier alpha value is -2.08. The third-order valence-electron chi connectivity index (χ3n) is 3.76. The zero-order chi connectivity index (χ0) is 17.7. The molecule has 0 aromatic heterocycles. The summed E-state index contributed by atoms with van der Waals surface area (Å²) in [5.41, 5.74) is 1.50. The van der Waals surface area contributed by atoms with Crippen LogP contribution >= 0.6 is 0 Å². The van der Waals surface area contributed by atoms with Crippen molar-refractivity contribution >= 4 is 11.9 Å². The average molecular weight is 333 g/mol. The predicted octanol–water partition coefficient (Wildman–Crippen LogP) is 2.14. The van der Waals surface area contributed by atoms with Crippen molar-refractivity contribution in [1.29, 1.82) is 0 Å². The number of ether oxygens (including phenoxy) is 1. The van der Waals surface area contributed by atoms with Crippen LogP contribution < -0.4 is 10.6 Å². The Morgan fingerprint density at radius 1 is 1.25 bits per heavy atom. The Morgan fingerprint density at radius 2 is 1.92 bits per heavy atom. The second-order valence-electron chi connectivity index (χ2n) is 6.65. The van der Waals surface area contributed by atoms with Gasteiger partial charge in [-0.25, -0.2) is 4.79 Å². The van der Waals surface area contributed by atoms with Crippen molar-refractivity contribution in [1.82, 2.24) is 15.5 Å². The van der Waals surface area contributed by atoms with Crippen molar-refractivity contribution in [2.75, 3.05) is 13.1 Å². The number of urea groups is 1. The van der Waals surface area contributed by atoms with Gasteiger partial charge in [0.2, 0.25) is 0 Å². The van der Waals surface area contributed by atoms with Crippen LogP contribution in [0.5, 0.6) is 0 Å². The van der Waals surface area contributed by atoms with Crippen molar-refractivity contribution in [3.05, 3.63) is 35.4 Å². The Balaban J connectivity index is 1.92. The van der Waals surface area contributed by atoms with Gasteiger partial charge in [0.1, 0.15) is 0 Å². The van der Waals surface area contributed by atoms with Gasteiger partial charge in [0, 0.05) is 31.2 Å². The van der Waals surface area contributed by atoms with Crippen LogP contribution in [0, 0.1) is 0 Å². The molecule has 2 N–H and O–H groups in total. The molecule has 2 atom stereocenters. The Kier molecular flexibility index (Phi) is 6.20. The molecule has 1 aliphatic heterocycles. The number of hydrogen-bond acceptors (Lipinski definition) is 3. The van der Waals surface area contributed by atoms with Crippen molar-refractivity contribution in [3.8, 4) is 0 Å². The van der Waals surface area contributed by atoms with Gasteiger partial charge < -0.3 is 20.3 Å². The number of carbonyl (C=O) groups is 2. The number of nitrogens with zero attached hydrogens (tertiary/aromatic N) is 1. The maximum absolute atomic E-state index is 12.3. The van der Waals surface area contributed by atoms with E-state index in [1.54, 1.807) is 11.0 Å². The van der Waals surface area contributed by atoms with Crippen molar-refractivity contribution in [3.63, 3.8) is 0 Å². The van der Waals surface area contributed by atoms with Gasteiger partial charge in [-0.3, -0.25) is 4.79 Å². The number of carbonyl (C=O) groups excluding carboxylic acids is 2. The van der Waals surface area contributed by atoms with E-state index in [4.69, 9.17) is 4.74 Å². The van der Waals surface area contributed by atoms with E-state index in [0.29, 0.717) is 25.2 Å². The van der Waals surface area contributed by atoms with Gasteiger partial charge in [-0.15, -0.1) is 0 Å². The first kappa shape index (κ1) is 18.3. The highest BCUT2D eigenvalue weighted by molar-refractivity contribution is 5.94. The lowest BCUT2D eigenvalue weighted by Crippen LogP contribution is -2.51. The number of nitrogens with one attached hydrogen (secondary N) is 2. The summed E-state index contributed by atoms with van der Waals surface area (Å²) in [4.78, 5) is 26.1. The fraction of sp³-hybridized carbons (Fsp3) is 0.556. The van der Waals surface area contributed by atoms with Crippen molar-refractivity contribution < 1.29 is 14.3 Å². The molecule has 6 heteroatoms. The minimum atomic E-state index is -0.103. The third kappa shape index (κ3) is 5.23. The lowest BCUT2D eigenvalue weighted by atomic mass is 10.1. The highest BCUT2D eigenvalue weighted by Crippen LogP contribution is 2.11. The smallest absolute Gasteiger partial charge is 0.317 e. The number of amides is 3. The predicted molar refractivity (Wildman–Crippen MR) is 92.9 cm³/mol. The van der Waals surface area contributed by atoms with Gasteiger partial charge in [0.05, 0.1) is 12.2 Å². The van der Waals surface area contributed by atoms with E-state index >= 15 is 0 Å². The van der Waals surface area contributed by atoms with Crippen LogP contribution in [0.25, 0.3) is 0 Å². The molecule has 0 spiro atoms. The van der Waals surface area contributed by atoms with Crippen LogP contribution in [0.15, 0.2) is 24.3 Å². The molecule has 1 fully saturated rings. The molecule has 0 radical (unpaired) electrons. The number of morpholine rings is 1. The van der Waals surface area contributed by atoms with Gasteiger partial charge in [-0.1, -0.05) is 12.1 Å².